The second kappa shape index (κ2) is 6.46. The van der Waals surface area contributed by atoms with Gasteiger partial charge in [-0.15, -0.1) is 10.2 Å². The van der Waals surface area contributed by atoms with Crippen LogP contribution in [0.5, 0.6) is 0 Å². The van der Waals surface area contributed by atoms with Crippen LogP contribution in [0, 0.1) is 5.41 Å². The van der Waals surface area contributed by atoms with E-state index in [1.807, 2.05) is 13.8 Å². The average molecular weight is 321 g/mol. The zero-order valence-electron chi connectivity index (χ0n) is 11.6. The van der Waals surface area contributed by atoms with Gasteiger partial charge < -0.3 is 5.73 Å². The summed E-state index contributed by atoms with van der Waals surface area (Å²) in [4.78, 5) is 12.2. The van der Waals surface area contributed by atoms with Gasteiger partial charge in [0.05, 0.1) is 11.7 Å². The van der Waals surface area contributed by atoms with Crippen molar-refractivity contribution in [3.63, 3.8) is 0 Å². The Bertz CT molecular complexity index is 557. The molecule has 0 aliphatic rings. The predicted octanol–water partition coefficient (Wildman–Crippen LogP) is 0.613. The summed E-state index contributed by atoms with van der Waals surface area (Å²) in [5, 5.41) is 10.3. The number of sulfonamides is 1. The van der Waals surface area contributed by atoms with Crippen molar-refractivity contribution in [2.75, 3.05) is 22.8 Å². The number of hydrogen-bond donors (Lipinski definition) is 3. The number of aromatic nitrogens is 2. The molecule has 10 heteroatoms. The topological polar surface area (TPSA) is 127 Å². The Morgan fingerprint density at radius 3 is 2.30 bits per heavy atom. The third-order valence-corrected chi connectivity index (χ3v) is 4.59. The van der Waals surface area contributed by atoms with Crippen LogP contribution >= 0.6 is 11.3 Å². The van der Waals surface area contributed by atoms with E-state index in [-0.39, 0.29) is 22.7 Å². The fraction of sp³-hybridized carbons (Fsp3) is 0.700. The molecule has 0 aliphatic carbocycles. The third-order valence-electron chi connectivity index (χ3n) is 3.14. The highest BCUT2D eigenvalue weighted by molar-refractivity contribution is 7.92. The average Bonchev–Trinajstić information content (AvgIpc) is 2.77. The van der Waals surface area contributed by atoms with Gasteiger partial charge in [-0.25, -0.2) is 8.42 Å². The molecule has 0 saturated carbocycles. The van der Waals surface area contributed by atoms with Crippen LogP contribution in [0.2, 0.25) is 0 Å². The van der Waals surface area contributed by atoms with E-state index < -0.39 is 15.4 Å². The molecule has 114 valence electrons. The number of anilines is 2. The van der Waals surface area contributed by atoms with Crippen molar-refractivity contribution in [2.45, 2.75) is 26.7 Å². The van der Waals surface area contributed by atoms with Crippen LogP contribution < -0.4 is 15.8 Å². The van der Waals surface area contributed by atoms with Crippen molar-refractivity contribution in [2.24, 2.45) is 11.1 Å². The summed E-state index contributed by atoms with van der Waals surface area (Å²) in [6.07, 6.45) is 2.23. The molecule has 0 fully saturated rings. The van der Waals surface area contributed by atoms with Crippen LogP contribution in [0.4, 0.5) is 10.3 Å². The van der Waals surface area contributed by atoms with Gasteiger partial charge in [-0.2, -0.15) is 0 Å². The highest BCUT2D eigenvalue weighted by Crippen LogP contribution is 2.28. The van der Waals surface area contributed by atoms with Crippen LogP contribution in [0.3, 0.4) is 0 Å². The van der Waals surface area contributed by atoms with Crippen molar-refractivity contribution in [3.05, 3.63) is 0 Å². The standard InChI is InChI=1S/C10H19N5O3S2/c1-4-10(5-2,6-11)7(16)12-8-13-14-9(19-8)15-20(3,17)18/h4-6,11H2,1-3H3,(H,14,15)(H,12,13,16). The highest BCUT2D eigenvalue weighted by Gasteiger charge is 2.33. The number of rotatable bonds is 7. The van der Waals surface area contributed by atoms with Crippen LogP contribution in [0.25, 0.3) is 0 Å². The summed E-state index contributed by atoms with van der Waals surface area (Å²) in [6.45, 7) is 4.03. The first-order valence-corrected chi connectivity index (χ1v) is 8.80. The first-order valence-electron chi connectivity index (χ1n) is 6.09. The summed E-state index contributed by atoms with van der Waals surface area (Å²) in [7, 11) is -3.41. The molecule has 1 rings (SSSR count). The van der Waals surface area contributed by atoms with Gasteiger partial charge in [0, 0.05) is 6.54 Å². The zero-order chi connectivity index (χ0) is 15.4. The van der Waals surface area contributed by atoms with E-state index in [9.17, 15) is 13.2 Å². The van der Waals surface area contributed by atoms with E-state index in [0.29, 0.717) is 12.8 Å². The monoisotopic (exact) mass is 321 g/mol. The van der Waals surface area contributed by atoms with E-state index in [1.165, 1.54) is 0 Å². The Balaban J connectivity index is 2.81. The minimum atomic E-state index is -3.41. The second-order valence-electron chi connectivity index (χ2n) is 4.43. The maximum Gasteiger partial charge on any atom is 0.233 e. The smallest absolute Gasteiger partial charge is 0.233 e. The van der Waals surface area contributed by atoms with Gasteiger partial charge in [0.1, 0.15) is 0 Å². The molecule has 4 N–H and O–H groups in total. The maximum absolute atomic E-state index is 12.2. The number of carbonyl (C=O) groups excluding carboxylic acids is 1. The molecule has 0 unspecified atom stereocenters. The lowest BCUT2D eigenvalue weighted by Crippen LogP contribution is -2.41. The summed E-state index contributed by atoms with van der Waals surface area (Å²) in [5.41, 5.74) is 5.04. The number of nitrogens with zero attached hydrogens (tertiary/aromatic N) is 2. The van der Waals surface area contributed by atoms with Gasteiger partial charge in [-0.3, -0.25) is 14.8 Å². The molecule has 0 aromatic carbocycles. The normalized spacial score (nSPS) is 12.2. The molecule has 0 radical (unpaired) electrons. The minimum absolute atomic E-state index is 0.106. The predicted molar refractivity (Wildman–Crippen MR) is 79.1 cm³/mol. The van der Waals surface area contributed by atoms with Gasteiger partial charge in [-0.05, 0) is 12.8 Å². The number of nitrogens with two attached hydrogens (primary N) is 1. The molecule has 1 aromatic heterocycles. The van der Waals surface area contributed by atoms with E-state index in [0.717, 1.165) is 17.6 Å². The fourth-order valence-electron chi connectivity index (χ4n) is 1.66. The molecule has 1 aromatic rings. The summed E-state index contributed by atoms with van der Waals surface area (Å²) < 4.78 is 24.3. The Labute approximate surface area is 122 Å². The molecule has 0 aliphatic heterocycles. The van der Waals surface area contributed by atoms with Crippen molar-refractivity contribution in [3.8, 4) is 0 Å². The second-order valence-corrected chi connectivity index (χ2v) is 7.16. The minimum Gasteiger partial charge on any atom is -0.329 e. The van der Waals surface area contributed by atoms with Crippen LogP contribution in [-0.4, -0.2) is 37.3 Å². The van der Waals surface area contributed by atoms with Gasteiger partial charge in [0.2, 0.25) is 26.2 Å². The molecule has 0 spiro atoms. The Kier molecular flexibility index (Phi) is 5.42. The van der Waals surface area contributed by atoms with Gasteiger partial charge >= 0.3 is 0 Å². The SMILES string of the molecule is CCC(CC)(CN)C(=O)Nc1nnc(NS(C)(=O)=O)s1. The zero-order valence-corrected chi connectivity index (χ0v) is 13.3. The van der Waals surface area contributed by atoms with Crippen molar-refractivity contribution >= 4 is 37.5 Å². The Morgan fingerprint density at radius 2 is 1.85 bits per heavy atom. The number of carbonyl (C=O) groups is 1. The summed E-state index contributed by atoms with van der Waals surface area (Å²) >= 11 is 0.950. The van der Waals surface area contributed by atoms with Crippen molar-refractivity contribution in [1.82, 2.24) is 10.2 Å². The van der Waals surface area contributed by atoms with Gasteiger partial charge in [0.25, 0.3) is 0 Å². The molecule has 0 bridgehead atoms. The lowest BCUT2D eigenvalue weighted by atomic mass is 9.81. The Hall–Kier alpha value is -1.26. The largest absolute Gasteiger partial charge is 0.329 e. The number of amides is 1. The lowest BCUT2D eigenvalue weighted by molar-refractivity contribution is -0.125. The van der Waals surface area contributed by atoms with Crippen molar-refractivity contribution in [1.29, 1.82) is 0 Å². The first-order chi connectivity index (χ1) is 9.26. The van der Waals surface area contributed by atoms with E-state index in [4.69, 9.17) is 5.73 Å². The van der Waals surface area contributed by atoms with Crippen LogP contribution in [0.1, 0.15) is 26.7 Å². The van der Waals surface area contributed by atoms with E-state index >= 15 is 0 Å². The van der Waals surface area contributed by atoms with E-state index in [1.54, 1.807) is 0 Å². The number of nitrogens with one attached hydrogen (secondary N) is 2. The fourth-order valence-corrected chi connectivity index (χ4v) is 3.12. The van der Waals surface area contributed by atoms with Gasteiger partial charge in [-0.1, -0.05) is 25.2 Å². The summed E-state index contributed by atoms with van der Waals surface area (Å²) in [5.74, 6) is -0.230. The molecule has 1 amide bonds. The molecular formula is C10H19N5O3S2. The maximum atomic E-state index is 12.2. The molecule has 0 saturated heterocycles. The molecule has 20 heavy (non-hydrogen) atoms. The molecule has 0 atom stereocenters. The third kappa shape index (κ3) is 4.12. The molecule has 1 heterocycles. The van der Waals surface area contributed by atoms with Crippen LogP contribution in [-0.2, 0) is 14.8 Å². The Morgan fingerprint density at radius 1 is 1.30 bits per heavy atom. The van der Waals surface area contributed by atoms with E-state index in [2.05, 4.69) is 20.2 Å². The number of hydrogen-bond acceptors (Lipinski definition) is 7. The first kappa shape index (κ1) is 16.8. The highest BCUT2D eigenvalue weighted by atomic mass is 32.2. The summed E-state index contributed by atoms with van der Waals surface area (Å²) in [6, 6.07) is 0. The van der Waals surface area contributed by atoms with Crippen molar-refractivity contribution < 1.29 is 13.2 Å². The lowest BCUT2D eigenvalue weighted by Gasteiger charge is -2.27. The molecule has 8 nitrogen and oxygen atoms in total. The quantitative estimate of drug-likeness (QED) is 0.675. The molecular weight excluding hydrogens is 302 g/mol. The van der Waals surface area contributed by atoms with Crippen LogP contribution in [0.15, 0.2) is 0 Å². The van der Waals surface area contributed by atoms with Gasteiger partial charge in [0.15, 0.2) is 0 Å².